The molecule has 100 valence electrons. The van der Waals surface area contributed by atoms with E-state index in [9.17, 15) is 4.79 Å². The monoisotopic (exact) mass is 287 g/mol. The molecule has 0 aromatic carbocycles. The summed E-state index contributed by atoms with van der Waals surface area (Å²) in [4.78, 5) is 10.5. The third kappa shape index (κ3) is 4.13. The van der Waals surface area contributed by atoms with Crippen molar-refractivity contribution in [2.24, 2.45) is 5.92 Å². The highest BCUT2D eigenvalue weighted by Gasteiger charge is 2.19. The molecule has 0 saturated heterocycles. The van der Waals surface area contributed by atoms with Crippen molar-refractivity contribution in [1.29, 1.82) is 0 Å². The first-order valence-electron chi connectivity index (χ1n) is 6.08. The lowest BCUT2D eigenvalue weighted by atomic mass is 9.87. The number of rotatable bonds is 5. The van der Waals surface area contributed by atoms with Crippen LogP contribution >= 0.6 is 23.1 Å². The van der Waals surface area contributed by atoms with Gasteiger partial charge in [0.2, 0.25) is 5.13 Å². The topological polar surface area (TPSA) is 75.1 Å². The smallest absolute Gasteiger partial charge is 0.313 e. The summed E-state index contributed by atoms with van der Waals surface area (Å²) in [6.45, 7) is 2.28. The van der Waals surface area contributed by atoms with Gasteiger partial charge >= 0.3 is 5.97 Å². The molecule has 0 radical (unpaired) electrons. The lowest BCUT2D eigenvalue weighted by Gasteiger charge is -2.26. The number of hydrogen-bond donors (Lipinski definition) is 2. The van der Waals surface area contributed by atoms with Crippen molar-refractivity contribution in [3.63, 3.8) is 0 Å². The molecule has 18 heavy (non-hydrogen) atoms. The number of aromatic nitrogens is 2. The maximum Gasteiger partial charge on any atom is 0.313 e. The van der Waals surface area contributed by atoms with Gasteiger partial charge in [-0.25, -0.2) is 0 Å². The van der Waals surface area contributed by atoms with Crippen molar-refractivity contribution in [1.82, 2.24) is 10.2 Å². The highest BCUT2D eigenvalue weighted by atomic mass is 32.2. The molecule has 2 rings (SSSR count). The molecule has 0 aliphatic heterocycles. The van der Waals surface area contributed by atoms with Crippen molar-refractivity contribution in [2.45, 2.75) is 43.0 Å². The van der Waals surface area contributed by atoms with Gasteiger partial charge in [0.15, 0.2) is 4.34 Å². The lowest BCUT2D eigenvalue weighted by Crippen LogP contribution is -2.26. The predicted molar refractivity (Wildman–Crippen MR) is 73.3 cm³/mol. The van der Waals surface area contributed by atoms with Crippen LogP contribution < -0.4 is 5.32 Å². The number of carbonyl (C=O) groups is 1. The van der Waals surface area contributed by atoms with Crippen LogP contribution in [0.25, 0.3) is 0 Å². The Kier molecular flexibility index (Phi) is 4.82. The second-order valence-corrected chi connectivity index (χ2v) is 6.87. The van der Waals surface area contributed by atoms with E-state index >= 15 is 0 Å². The van der Waals surface area contributed by atoms with Crippen molar-refractivity contribution in [2.75, 3.05) is 11.1 Å². The Bertz CT molecular complexity index is 411. The summed E-state index contributed by atoms with van der Waals surface area (Å²) >= 11 is 2.65. The minimum atomic E-state index is -0.828. The van der Waals surface area contributed by atoms with Gasteiger partial charge in [0.25, 0.3) is 0 Å². The molecule has 1 heterocycles. The molecule has 2 unspecified atom stereocenters. The highest BCUT2D eigenvalue weighted by molar-refractivity contribution is 8.01. The molecule has 7 heteroatoms. The van der Waals surface area contributed by atoms with Crippen LogP contribution in [-0.2, 0) is 4.79 Å². The first-order valence-corrected chi connectivity index (χ1v) is 7.88. The quantitative estimate of drug-likeness (QED) is 0.811. The summed E-state index contributed by atoms with van der Waals surface area (Å²) in [6, 6.07) is 0.485. The minimum absolute atomic E-state index is 0.0368. The van der Waals surface area contributed by atoms with Crippen LogP contribution in [0.1, 0.15) is 32.6 Å². The molecule has 1 aromatic rings. The number of thioether (sulfide) groups is 1. The summed E-state index contributed by atoms with van der Waals surface area (Å²) in [7, 11) is 0. The maximum absolute atomic E-state index is 10.5. The van der Waals surface area contributed by atoms with Gasteiger partial charge in [-0.2, -0.15) is 0 Å². The molecule has 1 saturated carbocycles. The lowest BCUT2D eigenvalue weighted by molar-refractivity contribution is -0.133. The molecule has 1 fully saturated rings. The van der Waals surface area contributed by atoms with Crippen LogP contribution in [-0.4, -0.2) is 33.1 Å². The summed E-state index contributed by atoms with van der Waals surface area (Å²) in [5.74, 6) is -0.0226. The number of anilines is 1. The summed E-state index contributed by atoms with van der Waals surface area (Å²) in [5.41, 5.74) is 0. The van der Waals surface area contributed by atoms with Crippen LogP contribution in [0.4, 0.5) is 5.13 Å². The number of hydrogen-bond acceptors (Lipinski definition) is 6. The van der Waals surface area contributed by atoms with E-state index in [1.165, 1.54) is 48.8 Å². The zero-order valence-corrected chi connectivity index (χ0v) is 11.9. The van der Waals surface area contributed by atoms with Crippen LogP contribution in [0.2, 0.25) is 0 Å². The van der Waals surface area contributed by atoms with Crippen molar-refractivity contribution in [3.8, 4) is 0 Å². The molecule has 0 spiro atoms. The van der Waals surface area contributed by atoms with Gasteiger partial charge in [-0.15, -0.1) is 10.2 Å². The van der Waals surface area contributed by atoms with Gasteiger partial charge in [0, 0.05) is 6.04 Å². The third-order valence-corrected chi connectivity index (χ3v) is 4.96. The summed E-state index contributed by atoms with van der Waals surface area (Å²) in [6.07, 6.45) is 4.94. The molecule has 2 atom stereocenters. The van der Waals surface area contributed by atoms with Gasteiger partial charge in [0.1, 0.15) is 0 Å². The van der Waals surface area contributed by atoms with Crippen molar-refractivity contribution >= 4 is 34.2 Å². The molecule has 1 aliphatic rings. The molecular weight excluding hydrogens is 270 g/mol. The number of carboxylic acid groups (broad SMARTS) is 1. The minimum Gasteiger partial charge on any atom is -0.481 e. The van der Waals surface area contributed by atoms with E-state index in [0.717, 1.165) is 11.0 Å². The second-order valence-electron chi connectivity index (χ2n) is 4.67. The normalized spacial score (nSPS) is 23.8. The standard InChI is InChI=1S/C11H17N3O2S2/c1-7-3-2-4-8(5-7)12-10-13-14-11(18-10)17-6-9(15)16/h7-8H,2-6H2,1H3,(H,12,13)(H,15,16). The SMILES string of the molecule is CC1CCCC(Nc2nnc(SCC(=O)O)s2)C1. The van der Waals surface area contributed by atoms with E-state index in [1.54, 1.807) is 0 Å². The molecule has 2 N–H and O–H groups in total. The van der Waals surface area contributed by atoms with Crippen LogP contribution in [0.3, 0.4) is 0 Å². The van der Waals surface area contributed by atoms with E-state index in [1.807, 2.05) is 0 Å². The van der Waals surface area contributed by atoms with Crippen molar-refractivity contribution < 1.29 is 9.90 Å². The Hall–Kier alpha value is -0.820. The average molecular weight is 287 g/mol. The van der Waals surface area contributed by atoms with Crippen LogP contribution in [0.5, 0.6) is 0 Å². The second kappa shape index (κ2) is 6.38. The van der Waals surface area contributed by atoms with E-state index in [2.05, 4.69) is 22.4 Å². The fraction of sp³-hybridized carbons (Fsp3) is 0.727. The number of nitrogens with one attached hydrogen (secondary N) is 1. The molecule has 0 amide bonds. The van der Waals surface area contributed by atoms with Crippen LogP contribution in [0, 0.1) is 5.92 Å². The summed E-state index contributed by atoms with van der Waals surface area (Å²) in [5, 5.41) is 20.8. The Morgan fingerprint density at radius 3 is 3.11 bits per heavy atom. The Balaban J connectivity index is 1.84. The number of nitrogens with zero attached hydrogens (tertiary/aromatic N) is 2. The predicted octanol–water partition coefficient (Wildman–Crippen LogP) is 2.71. The molecule has 0 bridgehead atoms. The number of aliphatic carboxylic acids is 1. The van der Waals surface area contributed by atoms with Gasteiger partial charge in [0.05, 0.1) is 5.75 Å². The molecule has 1 aromatic heterocycles. The fourth-order valence-electron chi connectivity index (χ4n) is 2.19. The molecule has 5 nitrogen and oxygen atoms in total. The zero-order chi connectivity index (χ0) is 13.0. The van der Waals surface area contributed by atoms with Gasteiger partial charge in [-0.05, 0) is 18.8 Å². The Labute approximate surface area is 114 Å². The maximum atomic E-state index is 10.5. The zero-order valence-electron chi connectivity index (χ0n) is 10.3. The highest BCUT2D eigenvalue weighted by Crippen LogP contribution is 2.29. The van der Waals surface area contributed by atoms with Gasteiger partial charge in [-0.3, -0.25) is 4.79 Å². The van der Waals surface area contributed by atoms with Gasteiger partial charge in [-0.1, -0.05) is 42.9 Å². The Morgan fingerprint density at radius 2 is 2.39 bits per heavy atom. The fourth-order valence-corrected chi connectivity index (χ4v) is 3.74. The third-order valence-electron chi connectivity index (χ3n) is 2.99. The first-order chi connectivity index (χ1) is 8.63. The summed E-state index contributed by atoms with van der Waals surface area (Å²) < 4.78 is 0.712. The van der Waals surface area contributed by atoms with E-state index in [4.69, 9.17) is 5.11 Å². The van der Waals surface area contributed by atoms with E-state index in [0.29, 0.717) is 10.4 Å². The average Bonchev–Trinajstić information content (AvgIpc) is 2.74. The van der Waals surface area contributed by atoms with Crippen molar-refractivity contribution in [3.05, 3.63) is 0 Å². The molecular formula is C11H17N3O2S2. The molecule has 1 aliphatic carbocycles. The number of carboxylic acids is 1. The first kappa shape index (κ1) is 13.6. The van der Waals surface area contributed by atoms with Crippen LogP contribution in [0.15, 0.2) is 4.34 Å². The van der Waals surface area contributed by atoms with E-state index < -0.39 is 5.97 Å². The van der Waals surface area contributed by atoms with Gasteiger partial charge < -0.3 is 10.4 Å². The van der Waals surface area contributed by atoms with E-state index in [-0.39, 0.29) is 5.75 Å². The Morgan fingerprint density at radius 1 is 1.56 bits per heavy atom. The largest absolute Gasteiger partial charge is 0.481 e.